The highest BCUT2D eigenvalue weighted by molar-refractivity contribution is 7.99. The number of ether oxygens (including phenoxy) is 2. The minimum absolute atomic E-state index is 0.203. The second kappa shape index (κ2) is 7.50. The Morgan fingerprint density at radius 1 is 1.28 bits per heavy atom. The summed E-state index contributed by atoms with van der Waals surface area (Å²) in [6, 6.07) is 0. The maximum absolute atomic E-state index is 6.20. The summed E-state index contributed by atoms with van der Waals surface area (Å²) >= 11 is 3.40. The minimum Gasteiger partial charge on any atom is -0.378 e. The van der Waals surface area contributed by atoms with E-state index in [1.165, 1.54) is 16.5 Å². The summed E-state index contributed by atoms with van der Waals surface area (Å²) in [7, 11) is 0. The molecule has 1 saturated heterocycles. The van der Waals surface area contributed by atoms with Gasteiger partial charge in [0.2, 0.25) is 0 Å². The van der Waals surface area contributed by atoms with E-state index < -0.39 is 0 Å². The summed E-state index contributed by atoms with van der Waals surface area (Å²) in [5, 5.41) is 2.18. The van der Waals surface area contributed by atoms with Crippen LogP contribution in [0.4, 0.5) is 5.82 Å². The van der Waals surface area contributed by atoms with Crippen LogP contribution < -0.4 is 4.90 Å². The summed E-state index contributed by atoms with van der Waals surface area (Å²) in [6.45, 7) is 11.9. The van der Waals surface area contributed by atoms with E-state index in [0.717, 1.165) is 64.4 Å². The molecule has 0 bridgehead atoms. The van der Waals surface area contributed by atoms with E-state index in [1.807, 2.05) is 6.08 Å². The van der Waals surface area contributed by atoms with Crippen LogP contribution in [0.5, 0.6) is 0 Å². The van der Waals surface area contributed by atoms with Crippen LogP contribution in [0, 0.1) is 0 Å². The lowest BCUT2D eigenvalue weighted by Gasteiger charge is -2.36. The zero-order chi connectivity index (χ0) is 20.0. The van der Waals surface area contributed by atoms with Crippen LogP contribution in [0.25, 0.3) is 20.4 Å². The average Bonchev–Trinajstić information content (AvgIpc) is 3.11. The van der Waals surface area contributed by atoms with Crippen molar-refractivity contribution in [1.82, 2.24) is 15.0 Å². The molecule has 2 aliphatic rings. The van der Waals surface area contributed by atoms with Crippen LogP contribution in [0.1, 0.15) is 25.0 Å². The predicted octanol–water partition coefficient (Wildman–Crippen LogP) is 4.21. The highest BCUT2D eigenvalue weighted by atomic mass is 32.2. The number of nitrogens with zero attached hydrogens (tertiary/aromatic N) is 4. The van der Waals surface area contributed by atoms with Crippen molar-refractivity contribution in [2.75, 3.05) is 37.0 Å². The summed E-state index contributed by atoms with van der Waals surface area (Å²) in [5.41, 5.74) is 3.35. The number of anilines is 1. The van der Waals surface area contributed by atoms with Gasteiger partial charge in [0.1, 0.15) is 22.0 Å². The third-order valence-corrected chi connectivity index (χ3v) is 7.62. The molecule has 0 aromatic carbocycles. The van der Waals surface area contributed by atoms with E-state index in [0.29, 0.717) is 6.61 Å². The van der Waals surface area contributed by atoms with Gasteiger partial charge in [-0.3, -0.25) is 0 Å². The second-order valence-corrected chi connectivity index (χ2v) is 9.96. The fraction of sp³-hybridized carbons (Fsp3) is 0.476. The van der Waals surface area contributed by atoms with Gasteiger partial charge in [-0.1, -0.05) is 6.08 Å². The first-order valence-corrected chi connectivity index (χ1v) is 11.7. The molecule has 1 fully saturated rings. The van der Waals surface area contributed by atoms with Gasteiger partial charge in [-0.2, -0.15) is 0 Å². The maximum Gasteiger partial charge on any atom is 0.136 e. The van der Waals surface area contributed by atoms with Gasteiger partial charge in [-0.05, 0) is 19.4 Å². The van der Waals surface area contributed by atoms with Gasteiger partial charge in [-0.15, -0.1) is 29.7 Å². The molecular weight excluding hydrogens is 404 g/mol. The quantitative estimate of drug-likeness (QED) is 0.350. The fourth-order valence-corrected chi connectivity index (χ4v) is 6.01. The Morgan fingerprint density at radius 2 is 2.10 bits per heavy atom. The molecule has 0 amide bonds. The largest absolute Gasteiger partial charge is 0.378 e. The highest BCUT2D eigenvalue weighted by Gasteiger charge is 2.33. The van der Waals surface area contributed by atoms with Crippen LogP contribution in [0.2, 0.25) is 0 Å². The number of aromatic nitrogens is 3. The zero-order valence-electron chi connectivity index (χ0n) is 16.7. The summed E-state index contributed by atoms with van der Waals surface area (Å²) < 4.78 is 12.9. The third-order valence-electron chi connectivity index (χ3n) is 5.42. The average molecular weight is 429 g/mol. The number of thiophene rings is 1. The van der Waals surface area contributed by atoms with Crippen molar-refractivity contribution >= 4 is 49.3 Å². The Balaban J connectivity index is 1.76. The first kappa shape index (κ1) is 19.2. The van der Waals surface area contributed by atoms with E-state index in [1.54, 1.807) is 29.4 Å². The maximum atomic E-state index is 6.20. The predicted molar refractivity (Wildman–Crippen MR) is 119 cm³/mol. The summed E-state index contributed by atoms with van der Waals surface area (Å²) in [5.74, 6) is 1.87. The molecule has 8 heteroatoms. The monoisotopic (exact) mass is 428 g/mol. The number of hydrogen-bond donors (Lipinski definition) is 0. The van der Waals surface area contributed by atoms with Crippen molar-refractivity contribution in [3.63, 3.8) is 0 Å². The van der Waals surface area contributed by atoms with Crippen molar-refractivity contribution < 1.29 is 9.47 Å². The Labute approximate surface area is 178 Å². The summed E-state index contributed by atoms with van der Waals surface area (Å²) in [6.07, 6.45) is 4.43. The molecular formula is C21H24N4O2S2. The molecule has 0 radical (unpaired) electrons. The molecule has 3 aromatic rings. The fourth-order valence-electron chi connectivity index (χ4n) is 4.05. The van der Waals surface area contributed by atoms with Gasteiger partial charge >= 0.3 is 0 Å². The van der Waals surface area contributed by atoms with Gasteiger partial charge in [-0.25, -0.2) is 15.0 Å². The number of pyridine rings is 1. The second-order valence-electron chi connectivity index (χ2n) is 7.96. The lowest BCUT2D eigenvalue weighted by Crippen LogP contribution is -2.39. The Hall–Kier alpha value is -1.74. The molecule has 152 valence electrons. The van der Waals surface area contributed by atoms with Crippen LogP contribution >= 0.6 is 23.1 Å². The van der Waals surface area contributed by atoms with Crippen molar-refractivity contribution in [1.29, 1.82) is 0 Å². The van der Waals surface area contributed by atoms with E-state index in [2.05, 4.69) is 35.3 Å². The standard InChI is InChI=1S/C21H24N4O2S2/c1-4-9-28-20-17-16(22-12-23-20)15-13-10-21(2,3)27-11-14(13)18(24-19(15)29-17)25-5-7-26-8-6-25/h4,12H,1,5-11H2,2-3H3. The van der Waals surface area contributed by atoms with Crippen molar-refractivity contribution in [3.05, 3.63) is 30.1 Å². The SMILES string of the molecule is C=CCSc1ncnc2c1sc1nc(N3CCOCC3)c3c(c12)CC(C)(C)OC3. The molecule has 0 saturated carbocycles. The third kappa shape index (κ3) is 3.42. The zero-order valence-corrected chi connectivity index (χ0v) is 18.4. The van der Waals surface area contributed by atoms with Gasteiger partial charge in [0, 0.05) is 36.2 Å². The van der Waals surface area contributed by atoms with Crippen molar-refractivity contribution in [3.8, 4) is 0 Å². The smallest absolute Gasteiger partial charge is 0.136 e. The molecule has 3 aromatic heterocycles. The Morgan fingerprint density at radius 3 is 2.90 bits per heavy atom. The van der Waals surface area contributed by atoms with Crippen LogP contribution in [-0.2, 0) is 22.5 Å². The van der Waals surface area contributed by atoms with Gasteiger partial charge in [0.05, 0.1) is 35.6 Å². The highest BCUT2D eigenvalue weighted by Crippen LogP contribution is 2.44. The van der Waals surface area contributed by atoms with Gasteiger partial charge < -0.3 is 14.4 Å². The molecule has 0 spiro atoms. The normalized spacial score (nSPS) is 18.9. The first-order valence-electron chi connectivity index (χ1n) is 9.87. The molecule has 29 heavy (non-hydrogen) atoms. The topological polar surface area (TPSA) is 60.4 Å². The molecule has 5 rings (SSSR count). The molecule has 0 unspecified atom stereocenters. The first-order chi connectivity index (χ1) is 14.1. The molecule has 5 heterocycles. The molecule has 0 aliphatic carbocycles. The van der Waals surface area contributed by atoms with E-state index in [-0.39, 0.29) is 5.60 Å². The molecule has 6 nitrogen and oxygen atoms in total. The number of hydrogen-bond acceptors (Lipinski definition) is 8. The van der Waals surface area contributed by atoms with E-state index in [4.69, 9.17) is 14.5 Å². The summed E-state index contributed by atoms with van der Waals surface area (Å²) in [4.78, 5) is 17.7. The number of rotatable bonds is 4. The molecule has 0 N–H and O–H groups in total. The lowest BCUT2D eigenvalue weighted by atomic mass is 9.90. The van der Waals surface area contributed by atoms with Crippen LogP contribution in [0.15, 0.2) is 24.0 Å². The minimum atomic E-state index is -0.203. The van der Waals surface area contributed by atoms with Crippen LogP contribution in [-0.4, -0.2) is 52.6 Å². The Kier molecular flexibility index (Phi) is 4.98. The molecule has 2 aliphatic heterocycles. The lowest BCUT2D eigenvalue weighted by molar-refractivity contribution is -0.0396. The van der Waals surface area contributed by atoms with Crippen molar-refractivity contribution in [2.24, 2.45) is 0 Å². The van der Waals surface area contributed by atoms with Gasteiger partial charge in [0.25, 0.3) is 0 Å². The van der Waals surface area contributed by atoms with Crippen LogP contribution in [0.3, 0.4) is 0 Å². The van der Waals surface area contributed by atoms with Gasteiger partial charge in [0.15, 0.2) is 0 Å². The Bertz CT molecular complexity index is 1090. The number of fused-ring (bicyclic) bond motifs is 5. The number of morpholine rings is 1. The number of thioether (sulfide) groups is 1. The van der Waals surface area contributed by atoms with E-state index in [9.17, 15) is 0 Å². The van der Waals surface area contributed by atoms with Crippen molar-refractivity contribution in [2.45, 2.75) is 37.5 Å². The van der Waals surface area contributed by atoms with E-state index >= 15 is 0 Å². The molecule has 0 atom stereocenters.